The molecular formula is C24H29NOS2. The Morgan fingerprint density at radius 3 is 2.68 bits per heavy atom. The standard InChI is InChI=1S/C24H29NOS2/c1-3-19(26)10-14-25-12-8-17(9-13-25)24-21-6-5-20(27-2)16-18(21)4-7-23-22(24)11-15-28-23/h5-6,11,15-16H,3-4,7-10,12-14H2,1-2H3. The van der Waals surface area contributed by atoms with Crippen molar-refractivity contribution < 1.29 is 4.79 Å². The third-order valence-corrected chi connectivity index (χ3v) is 7.84. The van der Waals surface area contributed by atoms with Crippen molar-refractivity contribution in [1.82, 2.24) is 4.90 Å². The van der Waals surface area contributed by atoms with Crippen LogP contribution >= 0.6 is 23.1 Å². The molecule has 0 spiro atoms. The number of Topliss-reactive ketones (excluding diaryl/α,β-unsaturated/α-hetero) is 1. The van der Waals surface area contributed by atoms with Crippen molar-refractivity contribution in [3.63, 3.8) is 0 Å². The quantitative estimate of drug-likeness (QED) is 0.577. The lowest BCUT2D eigenvalue weighted by Crippen LogP contribution is -2.32. The fraction of sp³-hybridized carbons (Fsp3) is 0.458. The maximum Gasteiger partial charge on any atom is 0.133 e. The number of carbonyl (C=O) groups excluding carboxylic acids is 1. The van der Waals surface area contributed by atoms with Crippen LogP contribution in [0.3, 0.4) is 0 Å². The highest BCUT2D eigenvalue weighted by atomic mass is 32.2. The Balaban J connectivity index is 1.63. The van der Waals surface area contributed by atoms with Crippen LogP contribution in [0.25, 0.3) is 5.57 Å². The number of thioether (sulfide) groups is 1. The summed E-state index contributed by atoms with van der Waals surface area (Å²) in [6.45, 7) is 5.04. The van der Waals surface area contributed by atoms with E-state index in [1.165, 1.54) is 27.2 Å². The van der Waals surface area contributed by atoms with E-state index in [-0.39, 0.29) is 0 Å². The summed E-state index contributed by atoms with van der Waals surface area (Å²) in [4.78, 5) is 17.0. The molecule has 1 saturated heterocycles. The van der Waals surface area contributed by atoms with Gasteiger partial charge in [-0.05, 0) is 77.8 Å². The minimum Gasteiger partial charge on any atom is -0.302 e. The van der Waals surface area contributed by atoms with E-state index >= 15 is 0 Å². The zero-order valence-corrected chi connectivity index (χ0v) is 18.6. The van der Waals surface area contributed by atoms with Crippen molar-refractivity contribution in [3.8, 4) is 0 Å². The third-order valence-electron chi connectivity index (χ3n) is 6.13. The number of nitrogens with zero attached hydrogens (tertiary/aromatic N) is 1. The third kappa shape index (κ3) is 4.14. The maximum atomic E-state index is 11.7. The Hall–Kier alpha value is -1.36. The van der Waals surface area contributed by atoms with Crippen LogP contribution < -0.4 is 0 Å². The summed E-state index contributed by atoms with van der Waals surface area (Å²) >= 11 is 3.75. The van der Waals surface area contributed by atoms with Gasteiger partial charge in [-0.1, -0.05) is 18.6 Å². The Bertz CT molecular complexity index is 886. The summed E-state index contributed by atoms with van der Waals surface area (Å²) in [5.41, 5.74) is 7.57. The minimum atomic E-state index is 0.384. The van der Waals surface area contributed by atoms with Gasteiger partial charge >= 0.3 is 0 Å². The molecule has 0 radical (unpaired) electrons. The number of piperidine rings is 1. The summed E-state index contributed by atoms with van der Waals surface area (Å²) in [7, 11) is 0. The number of carbonyl (C=O) groups is 1. The van der Waals surface area contributed by atoms with Gasteiger partial charge < -0.3 is 4.90 Å². The first-order valence-corrected chi connectivity index (χ1v) is 12.5. The van der Waals surface area contributed by atoms with Gasteiger partial charge in [-0.25, -0.2) is 0 Å². The van der Waals surface area contributed by atoms with Crippen LogP contribution in [0, 0.1) is 0 Å². The second-order valence-electron chi connectivity index (χ2n) is 7.74. The van der Waals surface area contributed by atoms with Gasteiger partial charge in [0.15, 0.2) is 0 Å². The van der Waals surface area contributed by atoms with Gasteiger partial charge in [0, 0.05) is 42.2 Å². The molecule has 2 nitrogen and oxygen atoms in total. The van der Waals surface area contributed by atoms with Crippen LogP contribution in [0.15, 0.2) is 40.1 Å². The topological polar surface area (TPSA) is 20.3 Å². The van der Waals surface area contributed by atoms with E-state index in [2.05, 4.69) is 40.8 Å². The van der Waals surface area contributed by atoms with E-state index in [0.717, 1.165) is 45.3 Å². The maximum absolute atomic E-state index is 11.7. The first kappa shape index (κ1) is 19.9. The van der Waals surface area contributed by atoms with E-state index in [1.807, 2.05) is 30.0 Å². The number of thiophene rings is 1. The molecule has 2 aliphatic rings. The average Bonchev–Trinajstić information content (AvgIpc) is 3.14. The summed E-state index contributed by atoms with van der Waals surface area (Å²) in [5.74, 6) is 0.384. The molecule has 4 rings (SSSR count). The highest BCUT2D eigenvalue weighted by molar-refractivity contribution is 7.98. The Morgan fingerprint density at radius 1 is 1.11 bits per heavy atom. The van der Waals surface area contributed by atoms with Crippen LogP contribution in [0.5, 0.6) is 0 Å². The van der Waals surface area contributed by atoms with Crippen molar-refractivity contribution in [2.45, 2.75) is 50.3 Å². The zero-order valence-electron chi connectivity index (χ0n) is 16.9. The molecule has 0 bridgehead atoms. The Kier molecular flexibility index (Phi) is 6.39. The molecule has 1 aliphatic carbocycles. The Morgan fingerprint density at radius 2 is 1.93 bits per heavy atom. The number of benzene rings is 1. The van der Waals surface area contributed by atoms with Crippen molar-refractivity contribution in [2.24, 2.45) is 0 Å². The number of hydrogen-bond acceptors (Lipinski definition) is 4. The smallest absolute Gasteiger partial charge is 0.133 e. The van der Waals surface area contributed by atoms with Crippen LogP contribution in [-0.4, -0.2) is 36.6 Å². The largest absolute Gasteiger partial charge is 0.302 e. The molecular weight excluding hydrogens is 382 g/mol. The van der Waals surface area contributed by atoms with Gasteiger partial charge in [0.05, 0.1) is 0 Å². The normalized spacial score (nSPS) is 17.2. The summed E-state index contributed by atoms with van der Waals surface area (Å²) < 4.78 is 0. The first-order valence-electron chi connectivity index (χ1n) is 10.4. The van der Waals surface area contributed by atoms with Gasteiger partial charge in [0.25, 0.3) is 0 Å². The summed E-state index contributed by atoms with van der Waals surface area (Å²) in [6.07, 6.45) is 8.06. The molecule has 0 amide bonds. The fourth-order valence-corrected chi connectivity index (χ4v) is 5.78. The van der Waals surface area contributed by atoms with Crippen LogP contribution in [0.1, 0.15) is 54.2 Å². The molecule has 0 N–H and O–H groups in total. The van der Waals surface area contributed by atoms with Crippen molar-refractivity contribution >= 4 is 34.5 Å². The molecule has 1 aliphatic heterocycles. The lowest BCUT2D eigenvalue weighted by molar-refractivity contribution is -0.119. The number of likely N-dealkylation sites (tertiary alicyclic amines) is 1. The molecule has 1 aromatic carbocycles. The van der Waals surface area contributed by atoms with E-state index in [0.29, 0.717) is 18.6 Å². The monoisotopic (exact) mass is 411 g/mol. The molecule has 0 unspecified atom stereocenters. The molecule has 0 saturated carbocycles. The molecule has 1 fully saturated rings. The number of ketones is 1. The second kappa shape index (κ2) is 8.98. The molecule has 4 heteroatoms. The lowest BCUT2D eigenvalue weighted by Gasteiger charge is -2.30. The van der Waals surface area contributed by atoms with Crippen LogP contribution in [0.4, 0.5) is 0 Å². The van der Waals surface area contributed by atoms with E-state index in [1.54, 1.807) is 10.5 Å². The van der Waals surface area contributed by atoms with Crippen LogP contribution in [0.2, 0.25) is 0 Å². The number of aryl methyl sites for hydroxylation is 2. The Labute approximate surface area is 177 Å². The fourth-order valence-electron chi connectivity index (χ4n) is 4.44. The first-order chi connectivity index (χ1) is 13.7. The van der Waals surface area contributed by atoms with Crippen molar-refractivity contribution in [1.29, 1.82) is 0 Å². The molecule has 0 atom stereocenters. The number of rotatable bonds is 5. The van der Waals surface area contributed by atoms with E-state index in [4.69, 9.17) is 0 Å². The molecule has 2 aromatic rings. The minimum absolute atomic E-state index is 0.384. The lowest BCUT2D eigenvalue weighted by atomic mass is 9.87. The van der Waals surface area contributed by atoms with Gasteiger partial charge in [-0.3, -0.25) is 4.79 Å². The van der Waals surface area contributed by atoms with Gasteiger partial charge in [0.1, 0.15) is 5.78 Å². The predicted octanol–water partition coefficient (Wildman–Crippen LogP) is 5.84. The van der Waals surface area contributed by atoms with Gasteiger partial charge in [0.2, 0.25) is 0 Å². The average molecular weight is 412 g/mol. The highest BCUT2D eigenvalue weighted by Crippen LogP contribution is 2.41. The number of fused-ring (bicyclic) bond motifs is 2. The van der Waals surface area contributed by atoms with E-state index in [9.17, 15) is 4.79 Å². The van der Waals surface area contributed by atoms with Gasteiger partial charge in [-0.2, -0.15) is 0 Å². The number of hydrogen-bond donors (Lipinski definition) is 0. The molecule has 148 valence electrons. The zero-order chi connectivity index (χ0) is 19.5. The SMILES string of the molecule is CCC(=O)CCN1CCC(=C2c3ccc(SC)cc3CCc3sccc32)CC1. The van der Waals surface area contributed by atoms with E-state index < -0.39 is 0 Å². The van der Waals surface area contributed by atoms with Crippen molar-refractivity contribution in [2.75, 3.05) is 25.9 Å². The predicted molar refractivity (Wildman–Crippen MR) is 122 cm³/mol. The van der Waals surface area contributed by atoms with Crippen molar-refractivity contribution in [3.05, 3.63) is 56.8 Å². The summed E-state index contributed by atoms with van der Waals surface area (Å²) in [5, 5.41) is 2.26. The molecule has 2 heterocycles. The summed E-state index contributed by atoms with van der Waals surface area (Å²) in [6, 6.07) is 9.39. The highest BCUT2D eigenvalue weighted by Gasteiger charge is 2.25. The van der Waals surface area contributed by atoms with Gasteiger partial charge in [-0.15, -0.1) is 23.1 Å². The molecule has 28 heavy (non-hydrogen) atoms. The second-order valence-corrected chi connectivity index (χ2v) is 9.62. The van der Waals surface area contributed by atoms with Crippen LogP contribution in [-0.2, 0) is 17.6 Å². The molecule has 1 aromatic heterocycles.